The molecule has 1 amide bonds. The molecule has 2 aliphatic rings. The maximum absolute atomic E-state index is 12.5. The van der Waals surface area contributed by atoms with Crippen LogP contribution in [-0.4, -0.2) is 41.1 Å². The second kappa shape index (κ2) is 6.02. The zero-order chi connectivity index (χ0) is 13.1. The molecule has 0 aromatic rings. The summed E-state index contributed by atoms with van der Waals surface area (Å²) in [5, 5.41) is 9.39. The number of rotatable bonds is 2. The fraction of sp³-hybridized carbons (Fsp3) is 0.929. The van der Waals surface area contributed by atoms with Gasteiger partial charge >= 0.3 is 0 Å². The molecule has 0 radical (unpaired) electrons. The predicted molar refractivity (Wildman–Crippen MR) is 70.9 cm³/mol. The topological polar surface area (TPSA) is 66.6 Å². The quantitative estimate of drug-likeness (QED) is 0.776. The summed E-state index contributed by atoms with van der Waals surface area (Å²) in [6.45, 7) is 3.07. The predicted octanol–water partition coefficient (Wildman–Crippen LogP) is 1.12. The summed E-state index contributed by atoms with van der Waals surface area (Å²) in [6.07, 6.45) is 5.93. The molecular weight excluding hydrogens is 228 g/mol. The number of carbonyl (C=O) groups excluding carboxylic acids is 1. The van der Waals surface area contributed by atoms with Gasteiger partial charge in [0.2, 0.25) is 5.91 Å². The highest BCUT2D eigenvalue weighted by molar-refractivity contribution is 5.79. The Morgan fingerprint density at radius 3 is 2.78 bits per heavy atom. The van der Waals surface area contributed by atoms with E-state index in [0.29, 0.717) is 5.92 Å². The lowest BCUT2D eigenvalue weighted by molar-refractivity contribution is -0.142. The number of aliphatic hydroxyl groups excluding tert-OH is 1. The summed E-state index contributed by atoms with van der Waals surface area (Å²) < 4.78 is 0. The highest BCUT2D eigenvalue weighted by Crippen LogP contribution is 2.31. The first-order chi connectivity index (χ1) is 8.63. The average molecular weight is 254 g/mol. The van der Waals surface area contributed by atoms with Crippen LogP contribution in [0.4, 0.5) is 0 Å². The molecule has 4 unspecified atom stereocenters. The monoisotopic (exact) mass is 254 g/mol. The van der Waals surface area contributed by atoms with E-state index in [2.05, 4.69) is 6.92 Å². The van der Waals surface area contributed by atoms with Gasteiger partial charge in [-0.1, -0.05) is 6.92 Å². The molecule has 0 aromatic carbocycles. The van der Waals surface area contributed by atoms with E-state index in [-0.39, 0.29) is 30.5 Å². The van der Waals surface area contributed by atoms with Gasteiger partial charge in [0, 0.05) is 18.5 Å². The molecule has 1 heterocycles. The van der Waals surface area contributed by atoms with Crippen molar-refractivity contribution < 1.29 is 9.90 Å². The molecule has 0 bridgehead atoms. The fourth-order valence-electron chi connectivity index (χ4n) is 3.36. The molecule has 2 rings (SSSR count). The number of likely N-dealkylation sites (tertiary alicyclic amines) is 1. The first-order valence-electron chi connectivity index (χ1n) is 7.30. The number of piperidine rings is 1. The van der Waals surface area contributed by atoms with E-state index in [1.807, 2.05) is 4.90 Å². The lowest BCUT2D eigenvalue weighted by Crippen LogP contribution is -2.50. The van der Waals surface area contributed by atoms with Crippen LogP contribution in [0, 0.1) is 11.8 Å². The smallest absolute Gasteiger partial charge is 0.226 e. The van der Waals surface area contributed by atoms with Gasteiger partial charge < -0.3 is 15.7 Å². The number of hydrogen-bond donors (Lipinski definition) is 2. The van der Waals surface area contributed by atoms with Crippen LogP contribution in [0.5, 0.6) is 0 Å². The summed E-state index contributed by atoms with van der Waals surface area (Å²) in [5.74, 6) is 0.824. The van der Waals surface area contributed by atoms with E-state index in [9.17, 15) is 9.90 Å². The second-order valence-corrected chi connectivity index (χ2v) is 6.01. The summed E-state index contributed by atoms with van der Waals surface area (Å²) in [6, 6.07) is 0.307. The van der Waals surface area contributed by atoms with Crippen LogP contribution >= 0.6 is 0 Å². The molecule has 4 heteroatoms. The largest absolute Gasteiger partial charge is 0.394 e. The molecule has 1 saturated heterocycles. The summed E-state index contributed by atoms with van der Waals surface area (Å²) >= 11 is 0. The Balaban J connectivity index is 1.97. The minimum Gasteiger partial charge on any atom is -0.394 e. The van der Waals surface area contributed by atoms with Gasteiger partial charge in [-0.05, 0) is 44.4 Å². The molecule has 0 aromatic heterocycles. The number of hydrogen-bond acceptors (Lipinski definition) is 3. The zero-order valence-corrected chi connectivity index (χ0v) is 11.3. The molecule has 1 aliphatic carbocycles. The summed E-state index contributed by atoms with van der Waals surface area (Å²) in [4.78, 5) is 14.5. The van der Waals surface area contributed by atoms with Crippen molar-refractivity contribution >= 4 is 5.91 Å². The van der Waals surface area contributed by atoms with Crippen LogP contribution in [0.1, 0.15) is 45.4 Å². The lowest BCUT2D eigenvalue weighted by atomic mass is 9.78. The van der Waals surface area contributed by atoms with E-state index in [1.165, 1.54) is 0 Å². The van der Waals surface area contributed by atoms with Crippen molar-refractivity contribution in [2.45, 2.75) is 57.5 Å². The third-order valence-corrected chi connectivity index (χ3v) is 4.71. The Morgan fingerprint density at radius 2 is 2.11 bits per heavy atom. The first kappa shape index (κ1) is 13.8. The van der Waals surface area contributed by atoms with Gasteiger partial charge in [0.1, 0.15) is 0 Å². The fourth-order valence-corrected chi connectivity index (χ4v) is 3.36. The lowest BCUT2D eigenvalue weighted by Gasteiger charge is -2.39. The van der Waals surface area contributed by atoms with Gasteiger partial charge in [-0.15, -0.1) is 0 Å². The minimum absolute atomic E-state index is 0.0529. The van der Waals surface area contributed by atoms with Crippen molar-refractivity contribution in [3.63, 3.8) is 0 Å². The highest BCUT2D eigenvalue weighted by Gasteiger charge is 2.35. The normalized spacial score (nSPS) is 37.6. The van der Waals surface area contributed by atoms with Crippen LogP contribution in [0.2, 0.25) is 0 Å². The number of nitrogens with zero attached hydrogens (tertiary/aromatic N) is 1. The molecule has 1 aliphatic heterocycles. The van der Waals surface area contributed by atoms with E-state index in [4.69, 9.17) is 5.73 Å². The molecule has 104 valence electrons. The van der Waals surface area contributed by atoms with Crippen LogP contribution in [0.15, 0.2) is 0 Å². The van der Waals surface area contributed by atoms with E-state index in [0.717, 1.165) is 45.1 Å². The molecule has 0 spiro atoms. The van der Waals surface area contributed by atoms with Crippen molar-refractivity contribution in [2.24, 2.45) is 17.6 Å². The van der Waals surface area contributed by atoms with Crippen molar-refractivity contribution in [1.82, 2.24) is 4.90 Å². The third kappa shape index (κ3) is 2.86. The number of amides is 1. The number of aliphatic hydroxyl groups is 1. The van der Waals surface area contributed by atoms with Gasteiger partial charge in [0.15, 0.2) is 0 Å². The van der Waals surface area contributed by atoms with Gasteiger partial charge in [-0.3, -0.25) is 4.79 Å². The van der Waals surface area contributed by atoms with Crippen LogP contribution in [0.25, 0.3) is 0 Å². The Labute approximate surface area is 110 Å². The van der Waals surface area contributed by atoms with E-state index < -0.39 is 0 Å². The van der Waals surface area contributed by atoms with Gasteiger partial charge in [-0.2, -0.15) is 0 Å². The van der Waals surface area contributed by atoms with E-state index >= 15 is 0 Å². The molecule has 4 atom stereocenters. The van der Waals surface area contributed by atoms with Crippen molar-refractivity contribution in [3.8, 4) is 0 Å². The second-order valence-electron chi connectivity index (χ2n) is 6.01. The summed E-state index contributed by atoms with van der Waals surface area (Å²) in [5.41, 5.74) is 6.01. The summed E-state index contributed by atoms with van der Waals surface area (Å²) in [7, 11) is 0. The SMILES string of the molecule is CC1CC(C(=O)N2CCCCC2CO)CCC1N. The Morgan fingerprint density at radius 1 is 1.33 bits per heavy atom. The highest BCUT2D eigenvalue weighted by atomic mass is 16.3. The number of nitrogens with two attached hydrogens (primary N) is 1. The maximum atomic E-state index is 12.5. The average Bonchev–Trinajstić information content (AvgIpc) is 2.41. The maximum Gasteiger partial charge on any atom is 0.226 e. The first-order valence-corrected chi connectivity index (χ1v) is 7.30. The van der Waals surface area contributed by atoms with Crippen LogP contribution in [0.3, 0.4) is 0 Å². The molecule has 2 fully saturated rings. The van der Waals surface area contributed by atoms with Gasteiger partial charge in [0.05, 0.1) is 12.6 Å². The van der Waals surface area contributed by atoms with Crippen LogP contribution < -0.4 is 5.73 Å². The minimum atomic E-state index is 0.0529. The molecule has 1 saturated carbocycles. The third-order valence-electron chi connectivity index (χ3n) is 4.71. The standard InChI is InChI=1S/C14H26N2O2/c1-10-8-11(5-6-13(10)15)14(18)16-7-3-2-4-12(16)9-17/h10-13,17H,2-9,15H2,1H3. The Bertz CT molecular complexity index is 296. The number of carbonyl (C=O) groups is 1. The van der Waals surface area contributed by atoms with E-state index in [1.54, 1.807) is 0 Å². The van der Waals surface area contributed by atoms with Crippen molar-refractivity contribution in [3.05, 3.63) is 0 Å². The van der Waals surface area contributed by atoms with Gasteiger partial charge in [-0.25, -0.2) is 0 Å². The molecule has 3 N–H and O–H groups in total. The Hall–Kier alpha value is -0.610. The van der Waals surface area contributed by atoms with Crippen molar-refractivity contribution in [2.75, 3.05) is 13.2 Å². The Kier molecular flexibility index (Phi) is 4.62. The van der Waals surface area contributed by atoms with Gasteiger partial charge in [0.25, 0.3) is 0 Å². The molecule has 18 heavy (non-hydrogen) atoms. The molecular formula is C14H26N2O2. The zero-order valence-electron chi connectivity index (χ0n) is 11.3. The molecule has 4 nitrogen and oxygen atoms in total. The van der Waals surface area contributed by atoms with Crippen LogP contribution in [-0.2, 0) is 4.79 Å². The van der Waals surface area contributed by atoms with Crippen molar-refractivity contribution in [1.29, 1.82) is 0 Å².